The number of aromatic nitrogens is 2. The van der Waals surface area contributed by atoms with Crippen molar-refractivity contribution in [2.45, 2.75) is 11.7 Å². The maximum Gasteiger partial charge on any atom is 0.513 e. The second-order valence-electron chi connectivity index (χ2n) is 5.05. The van der Waals surface area contributed by atoms with Crippen molar-refractivity contribution in [2.24, 2.45) is 0 Å². The lowest BCUT2D eigenvalue weighted by molar-refractivity contribution is 0.246. The molecule has 3 unspecified atom stereocenters. The van der Waals surface area contributed by atoms with Crippen LogP contribution in [0.5, 0.6) is 0 Å². The molecule has 1 aromatic rings. The van der Waals surface area contributed by atoms with Crippen molar-refractivity contribution < 1.29 is 49.4 Å². The van der Waals surface area contributed by atoms with Gasteiger partial charge in [0.05, 0.1) is 12.9 Å². The van der Waals surface area contributed by atoms with E-state index in [1.165, 1.54) is 12.4 Å². The number of rotatable bonds is 14. The van der Waals surface area contributed by atoms with Gasteiger partial charge in [-0.3, -0.25) is 9.05 Å². The SMILES string of the molecule is C[P+](=O)OP(=O)(O[P+](C)=O)C(F)(Cn1ccnc1)P(=O)(COP=O)COP=O. The smallest absolute Gasteiger partial charge is 0.333 e. The zero-order valence-corrected chi connectivity index (χ0v) is 19.8. The second-order valence-corrected chi connectivity index (χ2v) is 14.0. The molecular weight excluding hydrogens is 501 g/mol. The van der Waals surface area contributed by atoms with Gasteiger partial charge in [0.2, 0.25) is 0 Å². The number of hydrogen-bond acceptors (Lipinski definition) is 11. The number of halogens is 1. The van der Waals surface area contributed by atoms with E-state index in [0.29, 0.717) is 0 Å². The Labute approximate surface area is 164 Å². The molecule has 0 spiro atoms. The molecular formula is C9H15FN2O10P6+2. The third kappa shape index (κ3) is 6.42. The van der Waals surface area contributed by atoms with Crippen LogP contribution in [0.25, 0.3) is 0 Å². The summed E-state index contributed by atoms with van der Waals surface area (Å²) in [5.41, 5.74) is 0. The van der Waals surface area contributed by atoms with Gasteiger partial charge in [0, 0.05) is 12.4 Å². The summed E-state index contributed by atoms with van der Waals surface area (Å²) in [6, 6.07) is 0. The molecule has 0 saturated heterocycles. The fourth-order valence-corrected chi connectivity index (χ4v) is 11.7. The highest BCUT2D eigenvalue weighted by atomic mass is 31.3. The molecule has 0 aromatic carbocycles. The average Bonchev–Trinajstić information content (AvgIpc) is 3.09. The highest BCUT2D eigenvalue weighted by molar-refractivity contribution is 7.82. The average molecular weight is 516 g/mol. The predicted octanol–water partition coefficient (Wildman–Crippen LogP) is 5.20. The number of hydrogen-bond donors (Lipinski definition) is 0. The van der Waals surface area contributed by atoms with Crippen LogP contribution in [0.1, 0.15) is 0 Å². The van der Waals surface area contributed by atoms with Gasteiger partial charge < -0.3 is 9.13 Å². The Morgan fingerprint density at radius 2 is 1.61 bits per heavy atom. The van der Waals surface area contributed by atoms with Crippen LogP contribution in [0.3, 0.4) is 0 Å². The van der Waals surface area contributed by atoms with Gasteiger partial charge in [0.25, 0.3) is 5.15 Å². The van der Waals surface area contributed by atoms with E-state index < -0.39 is 72.6 Å². The molecule has 1 aromatic heterocycles. The summed E-state index contributed by atoms with van der Waals surface area (Å²) in [4.78, 5) is 3.67. The van der Waals surface area contributed by atoms with Crippen LogP contribution in [0.15, 0.2) is 18.7 Å². The Morgan fingerprint density at radius 1 is 1.11 bits per heavy atom. The molecule has 0 saturated carbocycles. The summed E-state index contributed by atoms with van der Waals surface area (Å²) in [6.07, 6.45) is 1.34. The maximum atomic E-state index is 16.4. The standard InChI is InChI=1S/C9H15FN2O10P6/c1-25(15)21-28(18,22-26(2)16)9(10,5-12-4-3-11-6-12)27(17,7-19-23-13)8-20-24-14/h3-4,6H,5,7-8H2,1-2H3/q+2. The van der Waals surface area contributed by atoms with E-state index in [9.17, 15) is 27.4 Å². The lowest BCUT2D eigenvalue weighted by Crippen LogP contribution is -2.32. The normalized spacial score (nSPS) is 19.5. The molecule has 0 amide bonds. The van der Waals surface area contributed by atoms with Gasteiger partial charge >= 0.3 is 41.0 Å². The van der Waals surface area contributed by atoms with Crippen LogP contribution in [0, 0.1) is 0 Å². The van der Waals surface area contributed by atoms with Gasteiger partial charge in [-0.1, -0.05) is 8.62 Å². The van der Waals surface area contributed by atoms with Gasteiger partial charge in [0.15, 0.2) is 20.5 Å². The Kier molecular flexibility index (Phi) is 10.4. The van der Waals surface area contributed by atoms with Crippen LogP contribution in [0.2, 0.25) is 0 Å². The third-order valence-electron chi connectivity index (χ3n) is 3.07. The first-order chi connectivity index (χ1) is 13.0. The van der Waals surface area contributed by atoms with E-state index in [2.05, 4.69) is 22.7 Å². The molecule has 0 aliphatic rings. The Bertz CT molecular complexity index is 784. The molecule has 0 radical (unpaired) electrons. The summed E-state index contributed by atoms with van der Waals surface area (Å²) < 4.78 is 107. The minimum absolute atomic E-state index is 0.927. The molecule has 156 valence electrons. The summed E-state index contributed by atoms with van der Waals surface area (Å²) in [5.74, 6) is 0. The summed E-state index contributed by atoms with van der Waals surface area (Å²) >= 11 is 0. The lowest BCUT2D eigenvalue weighted by Gasteiger charge is -2.32. The molecule has 0 aliphatic heterocycles. The van der Waals surface area contributed by atoms with E-state index in [0.717, 1.165) is 24.2 Å². The molecule has 1 rings (SSSR count). The van der Waals surface area contributed by atoms with Crippen molar-refractivity contribution in [3.8, 4) is 0 Å². The topological polar surface area (TPSA) is 157 Å². The first-order valence-electron chi connectivity index (χ1n) is 6.97. The Morgan fingerprint density at radius 3 is 1.96 bits per heavy atom. The highest BCUT2D eigenvalue weighted by Gasteiger charge is 2.70. The van der Waals surface area contributed by atoms with E-state index in [1.54, 1.807) is 0 Å². The van der Waals surface area contributed by atoms with Crippen molar-refractivity contribution >= 4 is 48.2 Å². The molecule has 12 nitrogen and oxygen atoms in total. The van der Waals surface area contributed by atoms with E-state index in [1.807, 2.05) is 0 Å². The largest absolute Gasteiger partial charge is 0.513 e. The van der Waals surface area contributed by atoms with Crippen molar-refractivity contribution in [1.29, 1.82) is 0 Å². The predicted molar refractivity (Wildman–Crippen MR) is 97.6 cm³/mol. The second kappa shape index (κ2) is 11.3. The first kappa shape index (κ1) is 25.9. The number of alkyl halides is 1. The van der Waals surface area contributed by atoms with Crippen LogP contribution < -0.4 is 0 Å². The zero-order valence-electron chi connectivity index (χ0n) is 14.4. The molecule has 0 N–H and O–H groups in total. The third-order valence-corrected chi connectivity index (χ3v) is 12.8. The van der Waals surface area contributed by atoms with Crippen LogP contribution >= 0.6 is 48.2 Å². The van der Waals surface area contributed by atoms with Gasteiger partial charge in [-0.2, -0.15) is 0 Å². The van der Waals surface area contributed by atoms with Crippen molar-refractivity contribution in [3.63, 3.8) is 0 Å². The van der Waals surface area contributed by atoms with Crippen molar-refractivity contribution in [3.05, 3.63) is 18.7 Å². The van der Waals surface area contributed by atoms with Crippen molar-refractivity contribution in [2.75, 3.05) is 26.0 Å². The van der Waals surface area contributed by atoms with Gasteiger partial charge in [-0.15, -0.1) is 0 Å². The molecule has 0 fully saturated rings. The van der Waals surface area contributed by atoms with Gasteiger partial charge in [-0.25, -0.2) is 23.1 Å². The summed E-state index contributed by atoms with van der Waals surface area (Å²) in [6.45, 7) is 0.860. The maximum absolute atomic E-state index is 16.4. The lowest BCUT2D eigenvalue weighted by atomic mass is 10.7. The van der Waals surface area contributed by atoms with Crippen LogP contribution in [0.4, 0.5) is 4.39 Å². The zero-order chi connectivity index (χ0) is 21.4. The Balaban J connectivity index is 3.66. The fourth-order valence-electron chi connectivity index (χ4n) is 1.96. The number of nitrogens with zero attached hydrogens (tertiary/aromatic N) is 2. The Hall–Kier alpha value is -0.160. The molecule has 19 heteroatoms. The fraction of sp³-hybridized carbons (Fsp3) is 0.667. The van der Waals surface area contributed by atoms with Crippen molar-refractivity contribution in [1.82, 2.24) is 9.55 Å². The molecule has 3 atom stereocenters. The van der Waals surface area contributed by atoms with E-state index >= 15 is 4.39 Å². The van der Waals surface area contributed by atoms with E-state index in [-0.39, 0.29) is 0 Å². The molecule has 28 heavy (non-hydrogen) atoms. The summed E-state index contributed by atoms with van der Waals surface area (Å²) in [7, 11) is -17.5. The minimum atomic E-state index is -5.31. The minimum Gasteiger partial charge on any atom is -0.333 e. The van der Waals surface area contributed by atoms with Crippen LogP contribution in [-0.4, -0.2) is 40.7 Å². The van der Waals surface area contributed by atoms with Gasteiger partial charge in [-0.05, 0) is 9.13 Å². The molecule has 0 aliphatic carbocycles. The number of imidazole rings is 1. The quantitative estimate of drug-likeness (QED) is 0.299. The molecule has 0 bridgehead atoms. The monoisotopic (exact) mass is 516 g/mol. The summed E-state index contributed by atoms with van der Waals surface area (Å²) in [5, 5.41) is -3.52. The van der Waals surface area contributed by atoms with Crippen LogP contribution in [-0.2, 0) is 51.6 Å². The molecule has 1 heterocycles. The highest BCUT2D eigenvalue weighted by Crippen LogP contribution is 2.81. The van der Waals surface area contributed by atoms with Gasteiger partial charge in [0.1, 0.15) is 12.7 Å². The van der Waals surface area contributed by atoms with E-state index in [4.69, 9.17) is 0 Å². The first-order valence-corrected chi connectivity index (χ1v) is 15.3.